The number of aryl methyl sites for hydroxylation is 1. The van der Waals surface area contributed by atoms with E-state index in [-0.39, 0.29) is 13.1 Å². The molecule has 1 amide bonds. The summed E-state index contributed by atoms with van der Waals surface area (Å²) in [5, 5.41) is 13.7. The molecule has 0 aliphatic carbocycles. The molecule has 2 N–H and O–H groups in total. The van der Waals surface area contributed by atoms with Crippen LogP contribution >= 0.6 is 0 Å². The predicted molar refractivity (Wildman–Crippen MR) is 100 cm³/mol. The molecule has 0 fully saturated rings. The maximum atomic E-state index is 11.8. The van der Waals surface area contributed by atoms with Gasteiger partial charge in [0.15, 0.2) is 0 Å². The van der Waals surface area contributed by atoms with Crippen molar-refractivity contribution >= 4 is 17.1 Å². The highest BCUT2D eigenvalue weighted by Crippen LogP contribution is 2.30. The van der Waals surface area contributed by atoms with Crippen LogP contribution in [0.1, 0.15) is 17.0 Å². The molecule has 2 aromatic heterocycles. The zero-order chi connectivity index (χ0) is 18.8. The Bertz CT molecular complexity index is 1090. The predicted octanol–water partition coefficient (Wildman–Crippen LogP) is 4.21. The van der Waals surface area contributed by atoms with Crippen molar-refractivity contribution < 1.29 is 14.4 Å². The molecule has 27 heavy (non-hydrogen) atoms. The lowest BCUT2D eigenvalue weighted by Gasteiger charge is -2.18. The summed E-state index contributed by atoms with van der Waals surface area (Å²) in [6, 6.07) is 15.3. The Balaban J connectivity index is 1.66. The smallest absolute Gasteiger partial charge is 0.407 e. The number of H-pyrrole nitrogens is 1. The van der Waals surface area contributed by atoms with E-state index in [4.69, 9.17) is 4.52 Å². The Morgan fingerprint density at radius 1 is 1.19 bits per heavy atom. The van der Waals surface area contributed by atoms with Gasteiger partial charge in [-0.25, -0.2) is 9.78 Å². The van der Waals surface area contributed by atoms with Gasteiger partial charge in [0.05, 0.1) is 23.9 Å². The first-order valence-electron chi connectivity index (χ1n) is 8.52. The van der Waals surface area contributed by atoms with Crippen molar-refractivity contribution in [1.29, 1.82) is 0 Å². The van der Waals surface area contributed by atoms with Gasteiger partial charge in [-0.2, -0.15) is 0 Å². The number of rotatable bonds is 5. The molecule has 2 heterocycles. The number of amides is 1. The fraction of sp³-hybridized carbons (Fsp3) is 0.150. The van der Waals surface area contributed by atoms with Gasteiger partial charge in [0.1, 0.15) is 11.5 Å². The summed E-state index contributed by atoms with van der Waals surface area (Å²) in [5.74, 6) is 0.647. The maximum Gasteiger partial charge on any atom is 0.407 e. The number of imidazole rings is 1. The van der Waals surface area contributed by atoms with Gasteiger partial charge in [-0.3, -0.25) is 4.90 Å². The molecule has 0 atom stereocenters. The second-order valence-corrected chi connectivity index (χ2v) is 6.32. The minimum Gasteiger partial charge on any atom is -0.465 e. The van der Waals surface area contributed by atoms with E-state index >= 15 is 0 Å². The highest BCUT2D eigenvalue weighted by atomic mass is 16.5. The number of hydrogen-bond donors (Lipinski definition) is 2. The summed E-state index contributed by atoms with van der Waals surface area (Å²) < 4.78 is 5.38. The van der Waals surface area contributed by atoms with Crippen molar-refractivity contribution in [2.45, 2.75) is 20.0 Å². The number of aromatic nitrogens is 3. The molecule has 2 aromatic carbocycles. The molecule has 0 aliphatic heterocycles. The van der Waals surface area contributed by atoms with Crippen LogP contribution in [0.4, 0.5) is 4.79 Å². The summed E-state index contributed by atoms with van der Waals surface area (Å²) >= 11 is 0. The van der Waals surface area contributed by atoms with Crippen LogP contribution in [-0.2, 0) is 13.1 Å². The first kappa shape index (κ1) is 16.8. The molecule has 0 saturated heterocycles. The van der Waals surface area contributed by atoms with Crippen molar-refractivity contribution in [1.82, 2.24) is 20.0 Å². The molecule has 0 radical (unpaired) electrons. The number of fused-ring (bicyclic) bond motifs is 1. The number of carbonyl (C=O) groups is 1. The van der Waals surface area contributed by atoms with Gasteiger partial charge in [-0.05, 0) is 30.2 Å². The summed E-state index contributed by atoms with van der Waals surface area (Å²) in [7, 11) is 0. The molecule has 7 heteroatoms. The molecule has 0 bridgehead atoms. The Hall–Kier alpha value is -3.61. The molecule has 0 aliphatic rings. The van der Waals surface area contributed by atoms with Crippen LogP contribution in [0.2, 0.25) is 0 Å². The normalized spacial score (nSPS) is 11.0. The zero-order valence-corrected chi connectivity index (χ0v) is 14.7. The first-order valence-corrected chi connectivity index (χ1v) is 8.52. The van der Waals surface area contributed by atoms with Crippen LogP contribution in [0.5, 0.6) is 0 Å². The van der Waals surface area contributed by atoms with Gasteiger partial charge >= 0.3 is 6.09 Å². The topological polar surface area (TPSA) is 95.2 Å². The summed E-state index contributed by atoms with van der Waals surface area (Å²) in [4.78, 5) is 20.4. The third kappa shape index (κ3) is 3.39. The van der Waals surface area contributed by atoms with Gasteiger partial charge in [-0.1, -0.05) is 41.6 Å². The number of carboxylic acid groups (broad SMARTS) is 1. The molecular weight excluding hydrogens is 344 g/mol. The zero-order valence-electron chi connectivity index (χ0n) is 14.7. The van der Waals surface area contributed by atoms with E-state index in [1.54, 1.807) is 6.33 Å². The largest absolute Gasteiger partial charge is 0.465 e. The maximum absolute atomic E-state index is 11.8. The fourth-order valence-corrected chi connectivity index (χ4v) is 3.16. The van der Waals surface area contributed by atoms with Crippen LogP contribution in [0, 0.1) is 6.92 Å². The van der Waals surface area contributed by atoms with Crippen molar-refractivity contribution in [3.05, 3.63) is 71.9 Å². The lowest BCUT2D eigenvalue weighted by molar-refractivity contribution is 0.138. The lowest BCUT2D eigenvalue weighted by atomic mass is 10.0. The van der Waals surface area contributed by atoms with Crippen molar-refractivity contribution in [2.24, 2.45) is 0 Å². The molecule has 0 spiro atoms. The molecular formula is C20H18N4O3. The second kappa shape index (κ2) is 6.95. The van der Waals surface area contributed by atoms with Gasteiger partial charge in [-0.15, -0.1) is 0 Å². The monoisotopic (exact) mass is 362 g/mol. The Morgan fingerprint density at radius 3 is 2.78 bits per heavy atom. The van der Waals surface area contributed by atoms with E-state index in [1.165, 1.54) is 4.90 Å². The third-order valence-electron chi connectivity index (χ3n) is 4.47. The minimum absolute atomic E-state index is 0.137. The van der Waals surface area contributed by atoms with Crippen LogP contribution in [0.25, 0.3) is 22.2 Å². The standard InChI is InChI=1S/C20H18N4O3/c1-13-19(15-7-8-16-17(9-15)22-12-21-16)18(23-27-13)11-24(20(25)26)10-14-5-3-2-4-6-14/h2-9,12H,10-11H2,1H3,(H,21,22)(H,25,26). The molecule has 4 aromatic rings. The Labute approximate surface area is 155 Å². The van der Waals surface area contributed by atoms with E-state index in [0.29, 0.717) is 11.5 Å². The SMILES string of the molecule is Cc1onc(CN(Cc2ccccc2)C(=O)O)c1-c1ccc2nc[nH]c2c1. The van der Waals surface area contributed by atoms with E-state index < -0.39 is 6.09 Å². The summed E-state index contributed by atoms with van der Waals surface area (Å²) in [6.07, 6.45) is 0.636. The number of nitrogens with one attached hydrogen (secondary N) is 1. The lowest BCUT2D eigenvalue weighted by Crippen LogP contribution is -2.28. The van der Waals surface area contributed by atoms with E-state index in [9.17, 15) is 9.90 Å². The van der Waals surface area contributed by atoms with E-state index in [2.05, 4.69) is 15.1 Å². The fourth-order valence-electron chi connectivity index (χ4n) is 3.16. The first-order chi connectivity index (χ1) is 13.1. The second-order valence-electron chi connectivity index (χ2n) is 6.32. The van der Waals surface area contributed by atoms with Crippen LogP contribution in [0.15, 0.2) is 59.4 Å². The average Bonchev–Trinajstić information content (AvgIpc) is 3.27. The Kier molecular flexibility index (Phi) is 4.33. The number of hydrogen-bond acceptors (Lipinski definition) is 4. The molecule has 4 rings (SSSR count). The van der Waals surface area contributed by atoms with Gasteiger partial charge in [0.2, 0.25) is 0 Å². The van der Waals surface area contributed by atoms with Crippen LogP contribution in [-0.4, -0.2) is 31.2 Å². The summed E-state index contributed by atoms with van der Waals surface area (Å²) in [6.45, 7) is 2.24. The highest BCUT2D eigenvalue weighted by Gasteiger charge is 2.21. The van der Waals surface area contributed by atoms with E-state index in [1.807, 2.05) is 55.5 Å². The summed E-state index contributed by atoms with van der Waals surface area (Å²) in [5.41, 5.74) is 4.99. The quantitative estimate of drug-likeness (QED) is 0.554. The number of nitrogens with zero attached hydrogens (tertiary/aromatic N) is 3. The van der Waals surface area contributed by atoms with Crippen molar-refractivity contribution in [2.75, 3.05) is 0 Å². The molecule has 136 valence electrons. The molecule has 0 unspecified atom stereocenters. The van der Waals surface area contributed by atoms with Crippen LogP contribution in [0.3, 0.4) is 0 Å². The number of aromatic amines is 1. The minimum atomic E-state index is -1.01. The Morgan fingerprint density at radius 2 is 2.00 bits per heavy atom. The average molecular weight is 362 g/mol. The van der Waals surface area contributed by atoms with Gasteiger partial charge < -0.3 is 14.6 Å². The van der Waals surface area contributed by atoms with Crippen molar-refractivity contribution in [3.63, 3.8) is 0 Å². The molecule has 7 nitrogen and oxygen atoms in total. The van der Waals surface area contributed by atoms with Gasteiger partial charge in [0.25, 0.3) is 0 Å². The highest BCUT2D eigenvalue weighted by molar-refractivity contribution is 5.82. The van der Waals surface area contributed by atoms with Crippen molar-refractivity contribution in [3.8, 4) is 11.1 Å². The van der Waals surface area contributed by atoms with E-state index in [0.717, 1.165) is 27.7 Å². The van der Waals surface area contributed by atoms with Gasteiger partial charge in [0, 0.05) is 12.1 Å². The van der Waals surface area contributed by atoms with Crippen LogP contribution < -0.4 is 0 Å². The molecule has 0 saturated carbocycles. The number of benzene rings is 2. The third-order valence-corrected chi connectivity index (χ3v) is 4.47.